The lowest BCUT2D eigenvalue weighted by Crippen LogP contribution is -2.18. The number of pyridine rings is 2. The zero-order chi connectivity index (χ0) is 18.7. The normalized spacial score (nSPS) is 12.0. The Morgan fingerprint density at radius 2 is 1.68 bits per heavy atom. The number of hydrogen-bond donors (Lipinski definition) is 1. The molecule has 7 heteroatoms. The molecule has 0 bridgehead atoms. The van der Waals surface area contributed by atoms with Crippen LogP contribution < -0.4 is 5.32 Å². The number of nitriles is 1. The molecule has 0 saturated carbocycles. The zero-order valence-electron chi connectivity index (χ0n) is 14.3. The van der Waals surface area contributed by atoms with Crippen molar-refractivity contribution in [2.45, 2.75) is 45.5 Å². The van der Waals surface area contributed by atoms with E-state index < -0.39 is 11.9 Å². The summed E-state index contributed by atoms with van der Waals surface area (Å²) < 4.78 is 37.4. The van der Waals surface area contributed by atoms with Gasteiger partial charge in [0, 0.05) is 30.9 Å². The van der Waals surface area contributed by atoms with Crippen molar-refractivity contribution in [2.75, 3.05) is 0 Å². The molecular weight excluding hydrogens is 329 g/mol. The number of rotatable bonds is 4. The van der Waals surface area contributed by atoms with Gasteiger partial charge in [0.05, 0.1) is 11.3 Å². The Balaban J connectivity index is 1.99. The molecule has 1 N–H and O–H groups in total. The summed E-state index contributed by atoms with van der Waals surface area (Å²) in [5.41, 5.74) is 1.63. The van der Waals surface area contributed by atoms with Crippen LogP contribution in [-0.2, 0) is 24.7 Å². The van der Waals surface area contributed by atoms with Gasteiger partial charge in [-0.05, 0) is 23.3 Å². The number of alkyl halides is 3. The third-order valence-corrected chi connectivity index (χ3v) is 3.55. The Morgan fingerprint density at radius 3 is 2.20 bits per heavy atom. The van der Waals surface area contributed by atoms with Crippen molar-refractivity contribution in [3.8, 4) is 6.07 Å². The number of hydrogen-bond acceptors (Lipinski definition) is 4. The molecule has 0 saturated heterocycles. The van der Waals surface area contributed by atoms with Gasteiger partial charge < -0.3 is 5.32 Å². The summed E-state index contributed by atoms with van der Waals surface area (Å²) in [6.07, 6.45) is -1.52. The first kappa shape index (κ1) is 18.9. The van der Waals surface area contributed by atoms with Gasteiger partial charge in [-0.15, -0.1) is 0 Å². The van der Waals surface area contributed by atoms with E-state index in [0.717, 1.165) is 17.3 Å². The molecular formula is C18H19F3N4. The average molecular weight is 348 g/mol. The second-order valence-electron chi connectivity index (χ2n) is 6.75. The van der Waals surface area contributed by atoms with Gasteiger partial charge in [0.15, 0.2) is 0 Å². The number of aromatic nitrogens is 2. The fraction of sp³-hybridized carbons (Fsp3) is 0.389. The minimum atomic E-state index is -4.43. The van der Waals surface area contributed by atoms with Crippen molar-refractivity contribution < 1.29 is 13.2 Å². The van der Waals surface area contributed by atoms with E-state index in [2.05, 4.69) is 21.4 Å². The van der Waals surface area contributed by atoms with Crippen LogP contribution in [0.4, 0.5) is 13.2 Å². The first-order valence-corrected chi connectivity index (χ1v) is 7.73. The second kappa shape index (κ2) is 7.19. The topological polar surface area (TPSA) is 61.6 Å². The maximum Gasteiger partial charge on any atom is 0.433 e. The van der Waals surface area contributed by atoms with Gasteiger partial charge in [-0.3, -0.25) is 9.97 Å². The van der Waals surface area contributed by atoms with Crippen LogP contribution in [0.1, 0.15) is 48.8 Å². The van der Waals surface area contributed by atoms with Gasteiger partial charge in [-0.1, -0.05) is 26.8 Å². The van der Waals surface area contributed by atoms with E-state index in [9.17, 15) is 18.4 Å². The van der Waals surface area contributed by atoms with Crippen molar-refractivity contribution in [2.24, 2.45) is 0 Å². The third kappa shape index (κ3) is 5.00. The standard InChI is InChI=1S/C18H19F3N4/c1-17(2,3)16-14(7-22)6-13(11-25-16)9-23-8-12-4-5-15(24-10-12)18(19,20)21/h4-6,10-11,23H,8-9H2,1-3H3. The molecule has 0 spiro atoms. The highest BCUT2D eigenvalue weighted by Crippen LogP contribution is 2.27. The van der Waals surface area contributed by atoms with Crippen molar-refractivity contribution >= 4 is 0 Å². The largest absolute Gasteiger partial charge is 0.433 e. The maximum atomic E-state index is 12.5. The fourth-order valence-electron chi connectivity index (χ4n) is 2.34. The van der Waals surface area contributed by atoms with Gasteiger partial charge in [0.2, 0.25) is 0 Å². The van der Waals surface area contributed by atoms with E-state index in [1.807, 2.05) is 20.8 Å². The number of nitrogens with zero attached hydrogens (tertiary/aromatic N) is 3. The van der Waals surface area contributed by atoms with Crippen molar-refractivity contribution in [3.05, 3.63) is 58.7 Å². The molecule has 2 rings (SSSR count). The minimum Gasteiger partial charge on any atom is -0.309 e. The summed E-state index contributed by atoms with van der Waals surface area (Å²) >= 11 is 0. The molecule has 0 aliphatic carbocycles. The monoisotopic (exact) mass is 348 g/mol. The second-order valence-corrected chi connectivity index (χ2v) is 6.75. The number of halogens is 3. The Bertz CT molecular complexity index is 769. The van der Waals surface area contributed by atoms with Crippen LogP contribution in [-0.4, -0.2) is 9.97 Å². The Hall–Kier alpha value is -2.46. The minimum absolute atomic E-state index is 0.219. The fourth-order valence-corrected chi connectivity index (χ4v) is 2.34. The summed E-state index contributed by atoms with van der Waals surface area (Å²) in [5, 5.41) is 12.4. The van der Waals surface area contributed by atoms with Crippen LogP contribution in [0, 0.1) is 11.3 Å². The molecule has 0 aliphatic heterocycles. The van der Waals surface area contributed by atoms with E-state index in [1.165, 1.54) is 12.3 Å². The smallest absolute Gasteiger partial charge is 0.309 e. The van der Waals surface area contributed by atoms with E-state index >= 15 is 0 Å². The molecule has 2 aromatic heterocycles. The van der Waals surface area contributed by atoms with Crippen molar-refractivity contribution in [3.63, 3.8) is 0 Å². The third-order valence-electron chi connectivity index (χ3n) is 3.55. The average Bonchev–Trinajstić information content (AvgIpc) is 2.53. The predicted octanol–water partition coefficient (Wildman–Crippen LogP) is 3.95. The van der Waals surface area contributed by atoms with Crippen molar-refractivity contribution in [1.82, 2.24) is 15.3 Å². The Kier molecular flexibility index (Phi) is 5.43. The summed E-state index contributed by atoms with van der Waals surface area (Å²) in [4.78, 5) is 7.81. The van der Waals surface area contributed by atoms with Crippen LogP contribution in [0.2, 0.25) is 0 Å². The molecule has 0 radical (unpaired) electrons. The summed E-state index contributed by atoms with van der Waals surface area (Å²) in [6.45, 7) is 6.80. The van der Waals surface area contributed by atoms with Gasteiger partial charge in [-0.25, -0.2) is 0 Å². The molecule has 0 unspecified atom stereocenters. The van der Waals surface area contributed by atoms with Crippen LogP contribution in [0.5, 0.6) is 0 Å². The van der Waals surface area contributed by atoms with Gasteiger partial charge >= 0.3 is 6.18 Å². The molecule has 25 heavy (non-hydrogen) atoms. The van der Waals surface area contributed by atoms with Gasteiger partial charge in [-0.2, -0.15) is 18.4 Å². The Morgan fingerprint density at radius 1 is 1.04 bits per heavy atom. The predicted molar refractivity (Wildman–Crippen MR) is 87.4 cm³/mol. The quantitative estimate of drug-likeness (QED) is 0.909. The SMILES string of the molecule is CC(C)(C)c1ncc(CNCc2ccc(C(F)(F)F)nc2)cc1C#N. The van der Waals surface area contributed by atoms with Crippen LogP contribution >= 0.6 is 0 Å². The molecule has 0 atom stereocenters. The lowest BCUT2D eigenvalue weighted by Gasteiger charge is -2.19. The van der Waals surface area contributed by atoms with Crippen LogP contribution in [0.25, 0.3) is 0 Å². The summed E-state index contributed by atoms with van der Waals surface area (Å²) in [7, 11) is 0. The van der Waals surface area contributed by atoms with Crippen LogP contribution in [0.15, 0.2) is 30.6 Å². The highest BCUT2D eigenvalue weighted by molar-refractivity contribution is 5.39. The lowest BCUT2D eigenvalue weighted by atomic mass is 9.88. The first-order chi connectivity index (χ1) is 11.6. The molecule has 0 aliphatic rings. The highest BCUT2D eigenvalue weighted by Gasteiger charge is 2.31. The van der Waals surface area contributed by atoms with E-state index in [1.54, 1.807) is 12.3 Å². The molecule has 2 heterocycles. The molecule has 0 aromatic carbocycles. The Labute approximate surface area is 144 Å². The maximum absolute atomic E-state index is 12.5. The molecule has 4 nitrogen and oxygen atoms in total. The van der Waals surface area contributed by atoms with Crippen LogP contribution in [0.3, 0.4) is 0 Å². The molecule has 0 fully saturated rings. The van der Waals surface area contributed by atoms with Gasteiger partial charge in [0.25, 0.3) is 0 Å². The van der Waals surface area contributed by atoms with E-state index in [4.69, 9.17) is 0 Å². The summed E-state index contributed by atoms with van der Waals surface area (Å²) in [5.74, 6) is 0. The summed E-state index contributed by atoms with van der Waals surface area (Å²) in [6, 6.07) is 6.30. The van der Waals surface area contributed by atoms with Crippen molar-refractivity contribution in [1.29, 1.82) is 5.26 Å². The zero-order valence-corrected chi connectivity index (χ0v) is 14.3. The van der Waals surface area contributed by atoms with Gasteiger partial charge in [0.1, 0.15) is 11.8 Å². The van der Waals surface area contributed by atoms with E-state index in [0.29, 0.717) is 24.2 Å². The molecule has 2 aromatic rings. The number of nitrogens with one attached hydrogen (secondary N) is 1. The molecule has 132 valence electrons. The first-order valence-electron chi connectivity index (χ1n) is 7.73. The lowest BCUT2D eigenvalue weighted by molar-refractivity contribution is -0.141. The highest BCUT2D eigenvalue weighted by atomic mass is 19.4. The van der Waals surface area contributed by atoms with E-state index in [-0.39, 0.29) is 5.41 Å². The molecule has 0 amide bonds.